The van der Waals surface area contributed by atoms with Crippen molar-refractivity contribution < 1.29 is 10.2 Å². The highest BCUT2D eigenvalue weighted by molar-refractivity contribution is 6.30. The van der Waals surface area contributed by atoms with Crippen LogP contribution in [0.15, 0.2) is 42.5 Å². The second-order valence-corrected chi connectivity index (χ2v) is 5.22. The molecule has 20 heavy (non-hydrogen) atoms. The number of phenolic OH excluding ortho intramolecular Hbond substituents is 1. The molecular formula is C16H18ClNO2. The van der Waals surface area contributed by atoms with Gasteiger partial charge in [0.1, 0.15) is 5.75 Å². The molecule has 0 saturated carbocycles. The second kappa shape index (κ2) is 6.75. The number of aliphatic hydroxyl groups is 1. The fourth-order valence-corrected chi connectivity index (χ4v) is 2.13. The molecule has 1 atom stereocenters. The number of para-hydroxylation sites is 1. The van der Waals surface area contributed by atoms with Gasteiger partial charge in [0.2, 0.25) is 0 Å². The van der Waals surface area contributed by atoms with Crippen LogP contribution in [0.1, 0.15) is 22.8 Å². The summed E-state index contributed by atoms with van der Waals surface area (Å²) in [4.78, 5) is 0. The molecule has 0 fully saturated rings. The molecule has 0 heterocycles. The molecule has 0 aliphatic rings. The van der Waals surface area contributed by atoms with E-state index in [-0.39, 0.29) is 0 Å². The number of aryl methyl sites for hydroxylation is 1. The van der Waals surface area contributed by atoms with E-state index in [1.807, 2.05) is 25.1 Å². The SMILES string of the molecule is Cc1cccc(CNCC(O)c2ccc(Cl)cc2)c1O. The van der Waals surface area contributed by atoms with E-state index < -0.39 is 6.10 Å². The van der Waals surface area contributed by atoms with Crippen LogP contribution in [0.25, 0.3) is 0 Å². The molecular weight excluding hydrogens is 274 g/mol. The molecule has 106 valence electrons. The molecule has 2 aromatic carbocycles. The van der Waals surface area contributed by atoms with E-state index in [9.17, 15) is 10.2 Å². The molecule has 3 nitrogen and oxygen atoms in total. The summed E-state index contributed by atoms with van der Waals surface area (Å²) in [6, 6.07) is 12.8. The van der Waals surface area contributed by atoms with Crippen molar-refractivity contribution in [1.29, 1.82) is 0 Å². The lowest BCUT2D eigenvalue weighted by Crippen LogP contribution is -2.21. The molecule has 0 bridgehead atoms. The first-order valence-corrected chi connectivity index (χ1v) is 6.87. The lowest BCUT2D eigenvalue weighted by Gasteiger charge is -2.13. The molecule has 0 radical (unpaired) electrons. The smallest absolute Gasteiger partial charge is 0.122 e. The Labute approximate surface area is 123 Å². The van der Waals surface area contributed by atoms with Crippen LogP contribution in [0.4, 0.5) is 0 Å². The minimum absolute atomic E-state index is 0.306. The average molecular weight is 292 g/mol. The van der Waals surface area contributed by atoms with Crippen molar-refractivity contribution in [3.8, 4) is 5.75 Å². The number of benzene rings is 2. The molecule has 0 aliphatic carbocycles. The Hall–Kier alpha value is -1.55. The van der Waals surface area contributed by atoms with Gasteiger partial charge in [-0.25, -0.2) is 0 Å². The van der Waals surface area contributed by atoms with Gasteiger partial charge in [0.15, 0.2) is 0 Å². The van der Waals surface area contributed by atoms with Gasteiger partial charge in [0, 0.05) is 23.7 Å². The summed E-state index contributed by atoms with van der Waals surface area (Å²) >= 11 is 5.81. The van der Waals surface area contributed by atoms with Gasteiger partial charge in [-0.1, -0.05) is 41.9 Å². The summed E-state index contributed by atoms with van der Waals surface area (Å²) < 4.78 is 0. The predicted octanol–water partition coefficient (Wildman–Crippen LogP) is 3.18. The number of halogens is 1. The number of hydrogen-bond acceptors (Lipinski definition) is 3. The standard InChI is InChI=1S/C16H18ClNO2/c1-11-3-2-4-13(16(11)20)9-18-10-15(19)12-5-7-14(17)8-6-12/h2-8,15,18-20H,9-10H2,1H3. The van der Waals surface area contributed by atoms with Gasteiger partial charge in [-0.2, -0.15) is 0 Å². The molecule has 0 aromatic heterocycles. The van der Waals surface area contributed by atoms with Crippen molar-refractivity contribution in [1.82, 2.24) is 5.32 Å². The predicted molar refractivity (Wildman–Crippen MR) is 81.0 cm³/mol. The summed E-state index contributed by atoms with van der Waals surface area (Å²) in [6.07, 6.45) is -0.598. The van der Waals surface area contributed by atoms with E-state index in [1.54, 1.807) is 24.3 Å². The van der Waals surface area contributed by atoms with Crippen LogP contribution in [0.3, 0.4) is 0 Å². The summed E-state index contributed by atoms with van der Waals surface area (Å²) in [5.74, 6) is 0.306. The fourth-order valence-electron chi connectivity index (χ4n) is 2.01. The first-order chi connectivity index (χ1) is 9.58. The van der Waals surface area contributed by atoms with E-state index in [1.165, 1.54) is 0 Å². The Bertz CT molecular complexity index is 569. The van der Waals surface area contributed by atoms with Crippen LogP contribution in [-0.2, 0) is 6.54 Å². The zero-order valence-corrected chi connectivity index (χ0v) is 12.1. The van der Waals surface area contributed by atoms with Crippen molar-refractivity contribution in [2.45, 2.75) is 19.6 Å². The monoisotopic (exact) mass is 291 g/mol. The Morgan fingerprint density at radius 2 is 1.85 bits per heavy atom. The van der Waals surface area contributed by atoms with Crippen molar-refractivity contribution in [2.75, 3.05) is 6.54 Å². The van der Waals surface area contributed by atoms with Crippen LogP contribution in [0.2, 0.25) is 5.02 Å². The van der Waals surface area contributed by atoms with Gasteiger partial charge >= 0.3 is 0 Å². The Morgan fingerprint density at radius 3 is 2.55 bits per heavy atom. The van der Waals surface area contributed by atoms with Gasteiger partial charge in [0.25, 0.3) is 0 Å². The zero-order chi connectivity index (χ0) is 14.5. The van der Waals surface area contributed by atoms with Gasteiger partial charge in [-0.15, -0.1) is 0 Å². The van der Waals surface area contributed by atoms with Crippen molar-refractivity contribution in [3.05, 3.63) is 64.2 Å². The number of phenols is 1. The van der Waals surface area contributed by atoms with E-state index >= 15 is 0 Å². The molecule has 2 rings (SSSR count). The van der Waals surface area contributed by atoms with Crippen LogP contribution >= 0.6 is 11.6 Å². The Kier molecular flexibility index (Phi) is 5.01. The maximum Gasteiger partial charge on any atom is 0.122 e. The average Bonchev–Trinajstić information content (AvgIpc) is 2.44. The quantitative estimate of drug-likeness (QED) is 0.793. The van der Waals surface area contributed by atoms with E-state index in [0.717, 1.165) is 16.7 Å². The fraction of sp³-hybridized carbons (Fsp3) is 0.250. The highest BCUT2D eigenvalue weighted by Gasteiger charge is 2.08. The highest BCUT2D eigenvalue weighted by Crippen LogP contribution is 2.21. The number of nitrogens with one attached hydrogen (secondary N) is 1. The summed E-state index contributed by atoms with van der Waals surface area (Å²) in [7, 11) is 0. The first kappa shape index (κ1) is 14.9. The molecule has 0 aliphatic heterocycles. The second-order valence-electron chi connectivity index (χ2n) is 4.78. The largest absolute Gasteiger partial charge is 0.507 e. The Balaban J connectivity index is 1.89. The van der Waals surface area contributed by atoms with Crippen LogP contribution in [0, 0.1) is 6.92 Å². The van der Waals surface area contributed by atoms with Gasteiger partial charge in [0.05, 0.1) is 6.10 Å². The van der Waals surface area contributed by atoms with Gasteiger partial charge < -0.3 is 15.5 Å². The zero-order valence-electron chi connectivity index (χ0n) is 11.3. The number of hydrogen-bond donors (Lipinski definition) is 3. The van der Waals surface area contributed by atoms with E-state index in [4.69, 9.17) is 11.6 Å². The topological polar surface area (TPSA) is 52.5 Å². The lowest BCUT2D eigenvalue weighted by atomic mass is 10.1. The van der Waals surface area contributed by atoms with Crippen LogP contribution in [-0.4, -0.2) is 16.8 Å². The van der Waals surface area contributed by atoms with E-state index in [0.29, 0.717) is 23.9 Å². The van der Waals surface area contributed by atoms with Gasteiger partial charge in [-0.05, 0) is 30.2 Å². The lowest BCUT2D eigenvalue weighted by molar-refractivity contribution is 0.174. The first-order valence-electron chi connectivity index (χ1n) is 6.49. The summed E-state index contributed by atoms with van der Waals surface area (Å²) in [5, 5.41) is 23.7. The number of rotatable bonds is 5. The molecule has 1 unspecified atom stereocenters. The molecule has 0 spiro atoms. The highest BCUT2D eigenvalue weighted by atomic mass is 35.5. The van der Waals surface area contributed by atoms with Crippen LogP contribution in [0.5, 0.6) is 5.75 Å². The molecule has 2 aromatic rings. The minimum Gasteiger partial charge on any atom is -0.507 e. The molecule has 0 amide bonds. The number of aliphatic hydroxyl groups excluding tert-OH is 1. The van der Waals surface area contributed by atoms with Crippen molar-refractivity contribution >= 4 is 11.6 Å². The van der Waals surface area contributed by atoms with Crippen LogP contribution < -0.4 is 5.32 Å². The van der Waals surface area contributed by atoms with Crippen molar-refractivity contribution in [3.63, 3.8) is 0 Å². The normalized spacial score (nSPS) is 12.3. The van der Waals surface area contributed by atoms with Gasteiger partial charge in [-0.3, -0.25) is 0 Å². The molecule has 3 N–H and O–H groups in total. The third-order valence-corrected chi connectivity index (χ3v) is 3.48. The van der Waals surface area contributed by atoms with E-state index in [2.05, 4.69) is 5.32 Å². The third-order valence-electron chi connectivity index (χ3n) is 3.23. The number of aromatic hydroxyl groups is 1. The minimum atomic E-state index is -0.598. The summed E-state index contributed by atoms with van der Waals surface area (Å²) in [6.45, 7) is 2.79. The van der Waals surface area contributed by atoms with Crippen molar-refractivity contribution in [2.24, 2.45) is 0 Å². The maximum atomic E-state index is 10.0. The summed E-state index contributed by atoms with van der Waals surface area (Å²) in [5.41, 5.74) is 2.49. The maximum absolute atomic E-state index is 10.0. The third kappa shape index (κ3) is 3.73. The molecule has 4 heteroatoms. The molecule has 0 saturated heterocycles. The Morgan fingerprint density at radius 1 is 1.15 bits per heavy atom.